The van der Waals surface area contributed by atoms with E-state index in [1.54, 1.807) is 0 Å². The molecule has 2 aromatic heterocycles. The Hall–Kier alpha value is -6.65. The summed E-state index contributed by atoms with van der Waals surface area (Å²) in [6.45, 7) is 0. The Balaban J connectivity index is 1.12. The molecule has 0 bridgehead atoms. The average molecular weight is 629 g/mol. The molecule has 0 fully saturated rings. The standard InChI is InChI=1S/C45H28N2O2/c1-3-9-29(10-4-1)30-17-19-34(20-18-30)47(36-22-24-43-40(27-36)38-13-7-8-14-42(38)48-43)35-21-23-37-32(25-35)15-16-33-26-44-41(28-39(33)37)46-45(49-44)31-11-5-2-6-12-31/h1-28H. The lowest BCUT2D eigenvalue weighted by Gasteiger charge is -2.26. The van der Waals surface area contributed by atoms with Gasteiger partial charge in [-0.1, -0.05) is 97.1 Å². The molecule has 4 heteroatoms. The van der Waals surface area contributed by atoms with E-state index in [1.807, 2.05) is 42.5 Å². The molecule has 10 aromatic rings. The van der Waals surface area contributed by atoms with Gasteiger partial charge in [0.25, 0.3) is 0 Å². The maximum Gasteiger partial charge on any atom is 0.227 e. The third kappa shape index (κ3) is 4.65. The summed E-state index contributed by atoms with van der Waals surface area (Å²) in [6.07, 6.45) is 0. The van der Waals surface area contributed by atoms with Crippen LogP contribution in [0.1, 0.15) is 0 Å². The summed E-state index contributed by atoms with van der Waals surface area (Å²) in [6, 6.07) is 59.4. The molecule has 0 amide bonds. The third-order valence-corrected chi connectivity index (χ3v) is 9.46. The van der Waals surface area contributed by atoms with E-state index in [9.17, 15) is 0 Å². The lowest BCUT2D eigenvalue weighted by molar-refractivity contribution is 0.620. The number of benzene rings is 8. The summed E-state index contributed by atoms with van der Waals surface area (Å²) in [5, 5.41) is 6.79. The van der Waals surface area contributed by atoms with E-state index in [0.29, 0.717) is 5.89 Å². The molecule has 0 aliphatic rings. The van der Waals surface area contributed by atoms with Gasteiger partial charge in [-0.05, 0) is 105 Å². The molecule has 49 heavy (non-hydrogen) atoms. The van der Waals surface area contributed by atoms with E-state index in [2.05, 4.69) is 132 Å². The van der Waals surface area contributed by atoms with Crippen LogP contribution in [0.25, 0.3) is 77.2 Å². The molecule has 0 unspecified atom stereocenters. The highest BCUT2D eigenvalue weighted by molar-refractivity contribution is 6.12. The molecular formula is C45H28N2O2. The molecule has 0 N–H and O–H groups in total. The Kier molecular flexibility index (Phi) is 6.15. The SMILES string of the molecule is c1ccc(-c2ccc(N(c3ccc4c(ccc5cc6oc(-c7ccccc7)nc6cc54)c3)c3ccc4oc5ccccc5c4c3)cc2)cc1. The van der Waals surface area contributed by atoms with Gasteiger partial charge in [0.1, 0.15) is 16.7 Å². The monoisotopic (exact) mass is 628 g/mol. The highest BCUT2D eigenvalue weighted by Gasteiger charge is 2.17. The van der Waals surface area contributed by atoms with Gasteiger partial charge in [0.2, 0.25) is 5.89 Å². The zero-order chi connectivity index (χ0) is 32.3. The average Bonchev–Trinajstić information content (AvgIpc) is 3.76. The fraction of sp³-hybridized carbons (Fsp3) is 0. The van der Waals surface area contributed by atoms with Crippen LogP contribution in [0.2, 0.25) is 0 Å². The molecule has 0 aliphatic heterocycles. The number of nitrogens with zero attached hydrogens (tertiary/aromatic N) is 2. The molecule has 0 aliphatic carbocycles. The highest BCUT2D eigenvalue weighted by Crippen LogP contribution is 2.41. The molecule has 8 aromatic carbocycles. The van der Waals surface area contributed by atoms with Crippen LogP contribution in [-0.2, 0) is 0 Å². The molecule has 230 valence electrons. The van der Waals surface area contributed by atoms with Crippen molar-refractivity contribution in [3.8, 4) is 22.6 Å². The van der Waals surface area contributed by atoms with Crippen molar-refractivity contribution in [3.05, 3.63) is 170 Å². The van der Waals surface area contributed by atoms with E-state index in [1.165, 1.54) is 16.5 Å². The van der Waals surface area contributed by atoms with Crippen molar-refractivity contribution in [2.45, 2.75) is 0 Å². The van der Waals surface area contributed by atoms with Crippen LogP contribution in [0.3, 0.4) is 0 Å². The highest BCUT2D eigenvalue weighted by atomic mass is 16.3. The second kappa shape index (κ2) is 11.0. The van der Waals surface area contributed by atoms with Gasteiger partial charge in [0.15, 0.2) is 5.58 Å². The van der Waals surface area contributed by atoms with Crippen molar-refractivity contribution in [1.29, 1.82) is 0 Å². The minimum absolute atomic E-state index is 0.633. The Morgan fingerprint density at radius 3 is 1.82 bits per heavy atom. The molecule has 0 spiro atoms. The van der Waals surface area contributed by atoms with Gasteiger partial charge in [-0.3, -0.25) is 0 Å². The Morgan fingerprint density at radius 2 is 1.00 bits per heavy atom. The van der Waals surface area contributed by atoms with Crippen molar-refractivity contribution in [1.82, 2.24) is 4.98 Å². The minimum atomic E-state index is 0.633. The summed E-state index contributed by atoms with van der Waals surface area (Å²) in [5.74, 6) is 0.633. The molecule has 10 rings (SSSR count). The Morgan fingerprint density at radius 1 is 0.367 bits per heavy atom. The lowest BCUT2D eigenvalue weighted by atomic mass is 10.00. The molecule has 2 heterocycles. The maximum atomic E-state index is 6.19. The minimum Gasteiger partial charge on any atom is -0.456 e. The number of anilines is 3. The van der Waals surface area contributed by atoms with Crippen molar-refractivity contribution in [3.63, 3.8) is 0 Å². The van der Waals surface area contributed by atoms with Crippen molar-refractivity contribution in [2.24, 2.45) is 0 Å². The number of para-hydroxylation sites is 1. The largest absolute Gasteiger partial charge is 0.456 e. The van der Waals surface area contributed by atoms with Crippen LogP contribution >= 0.6 is 0 Å². The number of oxazole rings is 1. The van der Waals surface area contributed by atoms with Crippen LogP contribution in [-0.4, -0.2) is 4.98 Å². The van der Waals surface area contributed by atoms with Gasteiger partial charge in [-0.25, -0.2) is 4.98 Å². The smallest absolute Gasteiger partial charge is 0.227 e. The summed E-state index contributed by atoms with van der Waals surface area (Å²) >= 11 is 0. The molecule has 0 saturated heterocycles. The van der Waals surface area contributed by atoms with Gasteiger partial charge < -0.3 is 13.7 Å². The number of hydrogen-bond acceptors (Lipinski definition) is 4. The molecule has 0 saturated carbocycles. The van der Waals surface area contributed by atoms with E-state index in [0.717, 1.165) is 71.8 Å². The predicted molar refractivity (Wildman–Crippen MR) is 202 cm³/mol. The fourth-order valence-electron chi connectivity index (χ4n) is 7.05. The third-order valence-electron chi connectivity index (χ3n) is 9.46. The topological polar surface area (TPSA) is 42.4 Å². The first-order chi connectivity index (χ1) is 24.2. The van der Waals surface area contributed by atoms with Crippen LogP contribution in [0.4, 0.5) is 17.1 Å². The van der Waals surface area contributed by atoms with E-state index in [-0.39, 0.29) is 0 Å². The van der Waals surface area contributed by atoms with E-state index >= 15 is 0 Å². The maximum absolute atomic E-state index is 6.19. The second-order valence-corrected chi connectivity index (χ2v) is 12.4. The van der Waals surface area contributed by atoms with Crippen LogP contribution in [0.15, 0.2) is 179 Å². The second-order valence-electron chi connectivity index (χ2n) is 12.4. The molecule has 0 atom stereocenters. The van der Waals surface area contributed by atoms with Gasteiger partial charge in [-0.2, -0.15) is 0 Å². The first-order valence-electron chi connectivity index (χ1n) is 16.4. The first-order valence-corrected chi connectivity index (χ1v) is 16.4. The Labute approximate surface area is 282 Å². The Bertz CT molecular complexity index is 2820. The van der Waals surface area contributed by atoms with Crippen LogP contribution < -0.4 is 4.90 Å². The number of rotatable bonds is 5. The normalized spacial score (nSPS) is 11.7. The van der Waals surface area contributed by atoms with Gasteiger partial charge in [0, 0.05) is 33.4 Å². The quantitative estimate of drug-likeness (QED) is 0.178. The zero-order valence-corrected chi connectivity index (χ0v) is 26.4. The predicted octanol–water partition coefficient (Wildman–Crippen LogP) is 12.8. The number of fused-ring (bicyclic) bond motifs is 7. The fourth-order valence-corrected chi connectivity index (χ4v) is 7.05. The summed E-state index contributed by atoms with van der Waals surface area (Å²) in [5.41, 5.74) is 9.96. The number of hydrogen-bond donors (Lipinski definition) is 0. The lowest BCUT2D eigenvalue weighted by Crippen LogP contribution is -2.09. The first kappa shape index (κ1) is 27.5. The van der Waals surface area contributed by atoms with Crippen LogP contribution in [0.5, 0.6) is 0 Å². The van der Waals surface area contributed by atoms with E-state index < -0.39 is 0 Å². The van der Waals surface area contributed by atoms with Crippen molar-refractivity contribution in [2.75, 3.05) is 4.90 Å². The van der Waals surface area contributed by atoms with Gasteiger partial charge >= 0.3 is 0 Å². The number of furan rings is 1. The summed E-state index contributed by atoms with van der Waals surface area (Å²) < 4.78 is 12.4. The number of aromatic nitrogens is 1. The summed E-state index contributed by atoms with van der Waals surface area (Å²) in [4.78, 5) is 7.18. The summed E-state index contributed by atoms with van der Waals surface area (Å²) in [7, 11) is 0. The van der Waals surface area contributed by atoms with E-state index in [4.69, 9.17) is 13.8 Å². The van der Waals surface area contributed by atoms with Crippen LogP contribution in [0, 0.1) is 0 Å². The van der Waals surface area contributed by atoms with Crippen molar-refractivity contribution >= 4 is 71.6 Å². The van der Waals surface area contributed by atoms with Crippen molar-refractivity contribution < 1.29 is 8.83 Å². The zero-order valence-electron chi connectivity index (χ0n) is 26.4. The molecule has 0 radical (unpaired) electrons. The molecule has 4 nitrogen and oxygen atoms in total. The van der Waals surface area contributed by atoms with Gasteiger partial charge in [-0.15, -0.1) is 0 Å². The van der Waals surface area contributed by atoms with Gasteiger partial charge in [0.05, 0.1) is 0 Å². The molecular weight excluding hydrogens is 601 g/mol.